The van der Waals surface area contributed by atoms with Crippen LogP contribution >= 0.6 is 11.6 Å². The molecule has 30 heavy (non-hydrogen) atoms. The molecular formula is C21H22ClF3N2O2S. The lowest BCUT2D eigenvalue weighted by Gasteiger charge is -2.30. The molecule has 3 rings (SSSR count). The van der Waals surface area contributed by atoms with Gasteiger partial charge < -0.3 is 9.64 Å². The summed E-state index contributed by atoms with van der Waals surface area (Å²) in [5.74, 6) is -0.774. The fourth-order valence-corrected chi connectivity index (χ4v) is 4.58. The van der Waals surface area contributed by atoms with E-state index in [4.69, 9.17) is 21.3 Å². The summed E-state index contributed by atoms with van der Waals surface area (Å²) < 4.78 is 56.1. The molecule has 0 bridgehead atoms. The van der Waals surface area contributed by atoms with Crippen LogP contribution in [0.1, 0.15) is 16.7 Å². The molecule has 2 aromatic carbocycles. The Kier molecular flexibility index (Phi) is 7.21. The number of aryl methyl sites for hydroxylation is 2. The predicted molar refractivity (Wildman–Crippen MR) is 113 cm³/mol. The van der Waals surface area contributed by atoms with Crippen molar-refractivity contribution < 1.29 is 22.1 Å². The molecule has 0 saturated carbocycles. The van der Waals surface area contributed by atoms with Crippen LogP contribution in [0.4, 0.5) is 18.9 Å². The highest BCUT2D eigenvalue weighted by Crippen LogP contribution is 2.30. The van der Waals surface area contributed by atoms with E-state index in [0.717, 1.165) is 11.1 Å². The van der Waals surface area contributed by atoms with Crippen LogP contribution in [0.2, 0.25) is 5.02 Å². The third kappa shape index (κ3) is 5.62. The lowest BCUT2D eigenvalue weighted by atomic mass is 10.1. The summed E-state index contributed by atoms with van der Waals surface area (Å²) in [6.45, 7) is 5.78. The summed E-state index contributed by atoms with van der Waals surface area (Å²) in [6, 6.07) is 10.5. The number of aliphatic imine (C=N–C) groups is 1. The predicted octanol–water partition coefficient (Wildman–Crippen LogP) is 5.04. The highest BCUT2D eigenvalue weighted by Gasteiger charge is 2.31. The number of halogens is 4. The third-order valence-corrected chi connectivity index (χ3v) is 6.53. The van der Waals surface area contributed by atoms with E-state index in [1.807, 2.05) is 30.0 Å². The molecule has 9 heteroatoms. The van der Waals surface area contributed by atoms with Gasteiger partial charge in [0.25, 0.3) is 0 Å². The summed E-state index contributed by atoms with van der Waals surface area (Å²) in [7, 11) is -2.21. The standard InChI is InChI=1S/C21H22ClF3N2O2S/c1-14-11-15(2)19(30(28)13-21(23,24)25)12-18(14)26-20(27-7-9-29-10-8-27)16-5-3-4-6-17(16)22/h3-6,11-12H,7-10,13H2,1-2H3. The number of rotatable bonds is 4. The van der Waals surface area contributed by atoms with Crippen LogP contribution in [-0.2, 0) is 15.5 Å². The zero-order valence-electron chi connectivity index (χ0n) is 16.6. The minimum atomic E-state index is -4.51. The van der Waals surface area contributed by atoms with Crippen LogP contribution in [0.15, 0.2) is 46.3 Å². The highest BCUT2D eigenvalue weighted by atomic mass is 35.5. The third-order valence-electron chi connectivity index (χ3n) is 4.69. The number of hydrogen-bond acceptors (Lipinski definition) is 3. The van der Waals surface area contributed by atoms with E-state index in [0.29, 0.717) is 48.4 Å². The van der Waals surface area contributed by atoms with Crippen molar-refractivity contribution in [3.05, 3.63) is 58.1 Å². The Labute approximate surface area is 181 Å². The van der Waals surface area contributed by atoms with Crippen molar-refractivity contribution in [1.82, 2.24) is 4.90 Å². The molecular weight excluding hydrogens is 437 g/mol. The molecule has 0 aromatic heterocycles. The molecule has 2 aromatic rings. The number of morpholine rings is 1. The molecule has 1 unspecified atom stereocenters. The molecule has 1 aliphatic heterocycles. The van der Waals surface area contributed by atoms with Crippen molar-refractivity contribution >= 4 is 33.9 Å². The zero-order chi connectivity index (χ0) is 21.9. The van der Waals surface area contributed by atoms with Crippen LogP contribution in [0.5, 0.6) is 0 Å². The number of amidine groups is 1. The molecule has 0 amide bonds. The Hall–Kier alpha value is -1.90. The van der Waals surface area contributed by atoms with Crippen LogP contribution in [0.25, 0.3) is 0 Å². The number of benzene rings is 2. The monoisotopic (exact) mass is 458 g/mol. The fraction of sp³-hybridized carbons (Fsp3) is 0.381. The second kappa shape index (κ2) is 9.49. The van der Waals surface area contributed by atoms with E-state index in [9.17, 15) is 17.4 Å². The average molecular weight is 459 g/mol. The Morgan fingerprint density at radius 3 is 2.47 bits per heavy atom. The van der Waals surface area contributed by atoms with E-state index in [1.54, 1.807) is 19.1 Å². The Morgan fingerprint density at radius 1 is 1.17 bits per heavy atom. The molecule has 0 N–H and O–H groups in total. The minimum Gasteiger partial charge on any atom is -0.378 e. The first kappa shape index (κ1) is 22.8. The van der Waals surface area contributed by atoms with Gasteiger partial charge in [0, 0.05) is 23.5 Å². The van der Waals surface area contributed by atoms with Crippen LogP contribution in [-0.4, -0.2) is 53.2 Å². The average Bonchev–Trinajstić information content (AvgIpc) is 2.67. The maximum Gasteiger partial charge on any atom is 0.400 e. The van der Waals surface area contributed by atoms with Gasteiger partial charge in [0.15, 0.2) is 0 Å². The highest BCUT2D eigenvalue weighted by molar-refractivity contribution is 7.85. The first-order valence-corrected chi connectivity index (χ1v) is 11.1. The summed E-state index contributed by atoms with van der Waals surface area (Å²) in [6.07, 6.45) is -4.51. The van der Waals surface area contributed by atoms with E-state index >= 15 is 0 Å². The first-order chi connectivity index (χ1) is 14.2. The largest absolute Gasteiger partial charge is 0.400 e. The molecule has 1 fully saturated rings. The van der Waals surface area contributed by atoms with Gasteiger partial charge in [-0.3, -0.25) is 4.21 Å². The van der Waals surface area contributed by atoms with Gasteiger partial charge in [-0.15, -0.1) is 0 Å². The lowest BCUT2D eigenvalue weighted by Crippen LogP contribution is -2.41. The minimum absolute atomic E-state index is 0.136. The molecule has 1 saturated heterocycles. The molecule has 162 valence electrons. The van der Waals surface area contributed by atoms with Gasteiger partial charge in [0.05, 0.1) is 34.7 Å². The maximum absolute atomic E-state index is 12.8. The van der Waals surface area contributed by atoms with Crippen LogP contribution < -0.4 is 0 Å². The lowest BCUT2D eigenvalue weighted by molar-refractivity contribution is -0.105. The topological polar surface area (TPSA) is 41.9 Å². The van der Waals surface area contributed by atoms with Gasteiger partial charge in [0.2, 0.25) is 0 Å². The maximum atomic E-state index is 12.8. The van der Waals surface area contributed by atoms with E-state index in [1.165, 1.54) is 6.07 Å². The van der Waals surface area contributed by atoms with E-state index in [-0.39, 0.29) is 4.90 Å². The molecule has 1 aliphatic rings. The Morgan fingerprint density at radius 2 is 1.83 bits per heavy atom. The Bertz CT molecular complexity index is 973. The molecule has 4 nitrogen and oxygen atoms in total. The molecule has 0 spiro atoms. The van der Waals surface area contributed by atoms with Crippen LogP contribution in [0, 0.1) is 13.8 Å². The molecule has 1 heterocycles. The number of ether oxygens (including phenoxy) is 1. The van der Waals surface area contributed by atoms with E-state index in [2.05, 4.69) is 0 Å². The van der Waals surface area contributed by atoms with Gasteiger partial charge >= 0.3 is 6.18 Å². The number of alkyl halides is 3. The molecule has 1 atom stereocenters. The van der Waals surface area contributed by atoms with Crippen molar-refractivity contribution in [3.8, 4) is 0 Å². The molecule has 0 radical (unpaired) electrons. The smallest absolute Gasteiger partial charge is 0.378 e. The SMILES string of the molecule is Cc1cc(C)c(S(=O)CC(F)(F)F)cc1N=C(c1ccccc1Cl)N1CCOCC1. The number of nitrogens with zero attached hydrogens (tertiary/aromatic N) is 2. The normalized spacial score (nSPS) is 16.6. The van der Waals surface area contributed by atoms with Crippen molar-refractivity contribution in [3.63, 3.8) is 0 Å². The molecule has 0 aliphatic carbocycles. The Balaban J connectivity index is 2.09. The van der Waals surface area contributed by atoms with Crippen molar-refractivity contribution in [2.45, 2.75) is 24.9 Å². The van der Waals surface area contributed by atoms with Gasteiger partial charge in [-0.25, -0.2) is 4.99 Å². The van der Waals surface area contributed by atoms with Crippen molar-refractivity contribution in [1.29, 1.82) is 0 Å². The quantitative estimate of drug-likeness (QED) is 0.476. The second-order valence-electron chi connectivity index (χ2n) is 7.02. The second-order valence-corrected chi connectivity index (χ2v) is 8.85. The van der Waals surface area contributed by atoms with Gasteiger partial charge in [-0.05, 0) is 43.2 Å². The summed E-state index contributed by atoms with van der Waals surface area (Å²) in [4.78, 5) is 6.95. The van der Waals surface area contributed by atoms with Crippen molar-refractivity contribution in [2.75, 3.05) is 32.1 Å². The summed E-state index contributed by atoms with van der Waals surface area (Å²) in [5.41, 5.74) is 2.50. The van der Waals surface area contributed by atoms with Crippen molar-refractivity contribution in [2.24, 2.45) is 4.99 Å². The fourth-order valence-electron chi connectivity index (χ4n) is 3.25. The zero-order valence-corrected chi connectivity index (χ0v) is 18.2. The van der Waals surface area contributed by atoms with Crippen LogP contribution in [0.3, 0.4) is 0 Å². The summed E-state index contributed by atoms with van der Waals surface area (Å²) >= 11 is 6.41. The van der Waals surface area contributed by atoms with Gasteiger partial charge in [-0.1, -0.05) is 29.8 Å². The van der Waals surface area contributed by atoms with E-state index < -0.39 is 22.7 Å². The first-order valence-electron chi connectivity index (χ1n) is 9.38. The number of hydrogen-bond donors (Lipinski definition) is 0. The van der Waals surface area contributed by atoms with Gasteiger partial charge in [0.1, 0.15) is 11.6 Å². The summed E-state index contributed by atoms with van der Waals surface area (Å²) in [5, 5.41) is 0.522. The van der Waals surface area contributed by atoms with Gasteiger partial charge in [-0.2, -0.15) is 13.2 Å².